The third kappa shape index (κ3) is 4.22. The number of nitrogens with zero attached hydrogens (tertiary/aromatic N) is 2. The second-order valence-corrected chi connectivity index (χ2v) is 5.90. The van der Waals surface area contributed by atoms with Gasteiger partial charge in [0.2, 0.25) is 0 Å². The number of hydrogen-bond acceptors (Lipinski definition) is 5. The number of rotatable bonds is 4. The molecule has 0 bridgehead atoms. The Labute approximate surface area is 151 Å². The molecule has 2 aromatic rings. The summed E-state index contributed by atoms with van der Waals surface area (Å²) in [6.07, 6.45) is 1.19. The maximum absolute atomic E-state index is 12.3. The van der Waals surface area contributed by atoms with Crippen molar-refractivity contribution in [2.75, 3.05) is 5.32 Å². The lowest BCUT2D eigenvalue weighted by atomic mass is 10.1. The first-order valence-corrected chi connectivity index (χ1v) is 7.76. The SMILES string of the molecule is Cc1ccccc1NC(=O)/C(C#N)=C/c1cc(Br)c([O-])c([N+](=O)[O-])c1. The monoisotopic (exact) mass is 400 g/mol. The lowest BCUT2D eigenvalue weighted by Gasteiger charge is -2.10. The predicted octanol–water partition coefficient (Wildman–Crippen LogP) is 3.29. The Morgan fingerprint density at radius 1 is 1.36 bits per heavy atom. The summed E-state index contributed by atoms with van der Waals surface area (Å²) in [7, 11) is 0. The van der Waals surface area contributed by atoms with Gasteiger partial charge < -0.3 is 10.4 Å². The molecule has 0 aliphatic heterocycles. The number of benzene rings is 2. The molecule has 8 heteroatoms. The average molecular weight is 401 g/mol. The number of para-hydroxylation sites is 1. The van der Waals surface area contributed by atoms with Crippen molar-refractivity contribution in [2.24, 2.45) is 0 Å². The van der Waals surface area contributed by atoms with Crippen LogP contribution in [0.4, 0.5) is 11.4 Å². The second-order valence-electron chi connectivity index (χ2n) is 5.05. The predicted molar refractivity (Wildman–Crippen MR) is 93.6 cm³/mol. The zero-order chi connectivity index (χ0) is 18.6. The van der Waals surface area contributed by atoms with Crippen molar-refractivity contribution in [3.05, 3.63) is 67.7 Å². The van der Waals surface area contributed by atoms with E-state index in [2.05, 4.69) is 21.2 Å². The summed E-state index contributed by atoms with van der Waals surface area (Å²) in [5.74, 6) is -1.42. The number of halogens is 1. The number of nitro groups is 1. The highest BCUT2D eigenvalue weighted by molar-refractivity contribution is 9.10. The average Bonchev–Trinajstić information content (AvgIpc) is 2.57. The smallest absolute Gasteiger partial charge is 0.266 e. The molecule has 0 spiro atoms. The third-order valence-corrected chi connectivity index (χ3v) is 3.90. The highest BCUT2D eigenvalue weighted by Gasteiger charge is 2.14. The number of carbonyl (C=O) groups excluding carboxylic acids is 1. The van der Waals surface area contributed by atoms with E-state index in [4.69, 9.17) is 0 Å². The molecule has 1 N–H and O–H groups in total. The number of nitro benzene ring substituents is 1. The summed E-state index contributed by atoms with van der Waals surface area (Å²) >= 11 is 2.95. The van der Waals surface area contributed by atoms with E-state index in [1.54, 1.807) is 31.2 Å². The molecule has 0 unspecified atom stereocenters. The Balaban J connectivity index is 2.38. The van der Waals surface area contributed by atoms with Crippen molar-refractivity contribution in [1.29, 1.82) is 5.26 Å². The molecular formula is C17H11BrN3O4-. The van der Waals surface area contributed by atoms with Gasteiger partial charge in [-0.1, -0.05) is 34.1 Å². The van der Waals surface area contributed by atoms with E-state index in [0.29, 0.717) is 5.69 Å². The van der Waals surface area contributed by atoms with Crippen LogP contribution in [0.2, 0.25) is 0 Å². The van der Waals surface area contributed by atoms with E-state index >= 15 is 0 Å². The quantitative estimate of drug-likeness (QED) is 0.365. The summed E-state index contributed by atoms with van der Waals surface area (Å²) in [4.78, 5) is 22.4. The van der Waals surface area contributed by atoms with Crippen molar-refractivity contribution in [3.63, 3.8) is 0 Å². The van der Waals surface area contributed by atoms with E-state index in [-0.39, 0.29) is 15.6 Å². The van der Waals surface area contributed by atoms with Gasteiger partial charge in [-0.15, -0.1) is 0 Å². The fourth-order valence-corrected chi connectivity index (χ4v) is 2.50. The Kier molecular flexibility index (Phi) is 5.52. The Hall–Kier alpha value is -3.18. The molecule has 25 heavy (non-hydrogen) atoms. The van der Waals surface area contributed by atoms with Gasteiger partial charge in [0, 0.05) is 16.2 Å². The van der Waals surface area contributed by atoms with E-state index in [9.17, 15) is 25.3 Å². The van der Waals surface area contributed by atoms with Crippen LogP contribution in [0.15, 0.2) is 46.4 Å². The van der Waals surface area contributed by atoms with Gasteiger partial charge in [-0.25, -0.2) is 0 Å². The highest BCUT2D eigenvalue weighted by atomic mass is 79.9. The fourth-order valence-electron chi connectivity index (χ4n) is 2.04. The van der Waals surface area contributed by atoms with E-state index in [0.717, 1.165) is 11.6 Å². The standard InChI is InChI=1S/C17H12BrN3O4/c1-10-4-2-3-5-14(10)20-17(23)12(9-19)6-11-7-13(18)16(22)15(8-11)21(24)25/h2-8,22H,1H3,(H,20,23)/p-1/b12-6+. The molecule has 7 nitrogen and oxygen atoms in total. The molecule has 2 aromatic carbocycles. The van der Waals surface area contributed by atoms with Crippen molar-refractivity contribution in [1.82, 2.24) is 0 Å². The lowest BCUT2D eigenvalue weighted by molar-refractivity contribution is -0.398. The summed E-state index contributed by atoms with van der Waals surface area (Å²) in [5, 5.41) is 34.4. The zero-order valence-corrected chi connectivity index (χ0v) is 14.5. The van der Waals surface area contributed by atoms with Crippen molar-refractivity contribution < 1.29 is 14.8 Å². The molecule has 0 radical (unpaired) electrons. The number of hydrogen-bond donors (Lipinski definition) is 1. The molecule has 1 amide bonds. The van der Waals surface area contributed by atoms with Crippen LogP contribution >= 0.6 is 15.9 Å². The van der Waals surface area contributed by atoms with Crippen LogP contribution in [0.25, 0.3) is 6.08 Å². The molecule has 0 atom stereocenters. The van der Waals surface area contributed by atoms with Gasteiger partial charge in [-0.3, -0.25) is 14.9 Å². The van der Waals surface area contributed by atoms with Crippen molar-refractivity contribution in [2.45, 2.75) is 6.92 Å². The number of nitriles is 1. The summed E-state index contributed by atoms with van der Waals surface area (Å²) in [5.41, 5.74) is 0.674. The van der Waals surface area contributed by atoms with Gasteiger partial charge in [0.25, 0.3) is 11.6 Å². The van der Waals surface area contributed by atoms with Crippen LogP contribution in [0, 0.1) is 28.4 Å². The summed E-state index contributed by atoms with van der Waals surface area (Å²) < 4.78 is -0.0236. The normalized spacial score (nSPS) is 10.8. The molecule has 0 saturated heterocycles. The van der Waals surface area contributed by atoms with E-state index in [1.165, 1.54) is 12.1 Å². The summed E-state index contributed by atoms with van der Waals surface area (Å²) in [6, 6.07) is 11.1. The van der Waals surface area contributed by atoms with Crippen LogP contribution in [-0.2, 0) is 4.79 Å². The van der Waals surface area contributed by atoms with E-state index < -0.39 is 22.3 Å². The highest BCUT2D eigenvalue weighted by Crippen LogP contribution is 2.33. The van der Waals surface area contributed by atoms with Gasteiger partial charge >= 0.3 is 0 Å². The van der Waals surface area contributed by atoms with Crippen LogP contribution < -0.4 is 10.4 Å². The summed E-state index contributed by atoms with van der Waals surface area (Å²) in [6.45, 7) is 1.80. The van der Waals surface area contributed by atoms with Gasteiger partial charge in [-0.2, -0.15) is 5.26 Å². The first-order chi connectivity index (χ1) is 11.8. The second kappa shape index (κ2) is 7.59. The first-order valence-electron chi connectivity index (χ1n) is 6.97. The molecule has 0 heterocycles. The van der Waals surface area contributed by atoms with Gasteiger partial charge in [0.05, 0.1) is 4.92 Å². The van der Waals surface area contributed by atoms with Crippen molar-refractivity contribution in [3.8, 4) is 11.8 Å². The zero-order valence-electron chi connectivity index (χ0n) is 12.9. The molecule has 0 saturated carbocycles. The molecule has 0 aliphatic rings. The largest absolute Gasteiger partial charge is 0.867 e. The maximum Gasteiger partial charge on any atom is 0.266 e. The fraction of sp³-hybridized carbons (Fsp3) is 0.0588. The minimum atomic E-state index is -0.816. The van der Waals surface area contributed by atoms with Crippen LogP contribution in [-0.4, -0.2) is 10.8 Å². The lowest BCUT2D eigenvalue weighted by Crippen LogP contribution is -2.14. The third-order valence-electron chi connectivity index (χ3n) is 3.31. The molecule has 0 fully saturated rings. The first kappa shape index (κ1) is 18.2. The number of carbonyl (C=O) groups is 1. The number of anilines is 1. The van der Waals surface area contributed by atoms with Crippen LogP contribution in [0.3, 0.4) is 0 Å². The van der Waals surface area contributed by atoms with Crippen LogP contribution in [0.1, 0.15) is 11.1 Å². The van der Waals surface area contributed by atoms with Gasteiger partial charge in [-0.05, 0) is 42.0 Å². The molecular weight excluding hydrogens is 390 g/mol. The molecule has 0 aliphatic carbocycles. The number of aryl methyl sites for hydroxylation is 1. The van der Waals surface area contributed by atoms with E-state index in [1.807, 2.05) is 6.07 Å². The maximum atomic E-state index is 12.3. The molecule has 0 aromatic heterocycles. The Morgan fingerprint density at radius 3 is 2.64 bits per heavy atom. The number of nitrogens with one attached hydrogen (secondary N) is 1. The van der Waals surface area contributed by atoms with Gasteiger partial charge in [0.15, 0.2) is 0 Å². The molecule has 2 rings (SSSR count). The van der Waals surface area contributed by atoms with Crippen molar-refractivity contribution >= 4 is 39.3 Å². The minimum absolute atomic E-state index is 0.0236. The topological polar surface area (TPSA) is 119 Å². The van der Waals surface area contributed by atoms with Crippen LogP contribution in [0.5, 0.6) is 5.75 Å². The number of amides is 1. The molecule has 126 valence electrons. The Morgan fingerprint density at radius 2 is 2.04 bits per heavy atom. The minimum Gasteiger partial charge on any atom is -0.867 e. The Bertz CT molecular complexity index is 932. The van der Waals surface area contributed by atoms with Gasteiger partial charge in [0.1, 0.15) is 11.6 Å².